The number of carbonyl (C=O) groups excluding carboxylic acids is 1. The molecule has 2 rings (SSSR count). The minimum atomic E-state index is -0.497. The van der Waals surface area contributed by atoms with Crippen molar-refractivity contribution in [1.29, 1.82) is 0 Å². The van der Waals surface area contributed by atoms with Crippen molar-refractivity contribution in [2.75, 3.05) is 24.6 Å². The van der Waals surface area contributed by atoms with Gasteiger partial charge in [-0.25, -0.2) is 4.39 Å². The normalized spacial score (nSPS) is 10.6. The summed E-state index contributed by atoms with van der Waals surface area (Å²) in [5.74, 6) is -0.680. The molecule has 0 radical (unpaired) electrons. The first kappa shape index (κ1) is 14.9. The van der Waals surface area contributed by atoms with E-state index in [1.165, 1.54) is 18.2 Å². The molecule has 2 aromatic rings. The lowest BCUT2D eigenvalue weighted by Gasteiger charge is -2.16. The van der Waals surface area contributed by atoms with Crippen LogP contribution in [0.3, 0.4) is 0 Å². The van der Waals surface area contributed by atoms with Crippen LogP contribution in [0.2, 0.25) is 0 Å². The van der Waals surface area contributed by atoms with Gasteiger partial charge in [-0.1, -0.05) is 0 Å². The SMILES string of the molecule is CN(CC(=O)Nc1ccc(F)c(N)c1)Cc1ccncc1. The Morgan fingerprint density at radius 3 is 2.71 bits per heavy atom. The lowest BCUT2D eigenvalue weighted by molar-refractivity contribution is -0.117. The monoisotopic (exact) mass is 288 g/mol. The fraction of sp³-hybridized carbons (Fsp3) is 0.200. The summed E-state index contributed by atoms with van der Waals surface area (Å²) in [5, 5.41) is 2.69. The number of hydrogen-bond donors (Lipinski definition) is 2. The maximum absolute atomic E-state index is 13.0. The smallest absolute Gasteiger partial charge is 0.238 e. The molecule has 0 aliphatic carbocycles. The van der Waals surface area contributed by atoms with Crippen molar-refractivity contribution in [1.82, 2.24) is 9.88 Å². The third-order valence-electron chi connectivity index (χ3n) is 2.90. The van der Waals surface area contributed by atoms with E-state index in [1.54, 1.807) is 12.4 Å². The van der Waals surface area contributed by atoms with Gasteiger partial charge in [0.1, 0.15) is 5.82 Å². The zero-order valence-electron chi connectivity index (χ0n) is 11.7. The number of nitrogens with zero attached hydrogens (tertiary/aromatic N) is 2. The van der Waals surface area contributed by atoms with Crippen molar-refractivity contribution >= 4 is 17.3 Å². The first-order valence-electron chi connectivity index (χ1n) is 6.47. The number of amides is 1. The topological polar surface area (TPSA) is 71.2 Å². The van der Waals surface area contributed by atoms with E-state index in [9.17, 15) is 9.18 Å². The van der Waals surface area contributed by atoms with E-state index in [4.69, 9.17) is 5.73 Å². The molecule has 0 unspecified atom stereocenters. The first-order valence-corrected chi connectivity index (χ1v) is 6.47. The van der Waals surface area contributed by atoms with Crippen molar-refractivity contribution in [3.63, 3.8) is 0 Å². The van der Waals surface area contributed by atoms with Crippen LogP contribution in [-0.2, 0) is 11.3 Å². The van der Waals surface area contributed by atoms with Crippen LogP contribution in [0, 0.1) is 5.82 Å². The third kappa shape index (κ3) is 4.54. The van der Waals surface area contributed by atoms with E-state index in [2.05, 4.69) is 10.3 Å². The molecule has 0 atom stereocenters. The van der Waals surface area contributed by atoms with Crippen molar-refractivity contribution < 1.29 is 9.18 Å². The van der Waals surface area contributed by atoms with Crippen LogP contribution in [0.1, 0.15) is 5.56 Å². The zero-order chi connectivity index (χ0) is 15.2. The van der Waals surface area contributed by atoms with Gasteiger partial charge < -0.3 is 11.1 Å². The van der Waals surface area contributed by atoms with E-state index in [1.807, 2.05) is 24.1 Å². The molecule has 0 saturated heterocycles. The van der Waals surface area contributed by atoms with Crippen molar-refractivity contribution in [2.24, 2.45) is 0 Å². The second kappa shape index (κ2) is 6.81. The standard InChI is InChI=1S/C15H17FN4O/c1-20(9-11-4-6-18-7-5-11)10-15(21)19-12-2-3-13(16)14(17)8-12/h2-8H,9-10,17H2,1H3,(H,19,21). The molecule has 0 saturated carbocycles. The van der Waals surface area contributed by atoms with Crippen molar-refractivity contribution in [3.05, 3.63) is 54.1 Å². The quantitative estimate of drug-likeness (QED) is 0.824. The van der Waals surface area contributed by atoms with Crippen LogP contribution >= 0.6 is 0 Å². The lowest BCUT2D eigenvalue weighted by atomic mass is 10.2. The molecule has 0 fully saturated rings. The first-order chi connectivity index (χ1) is 10.0. The van der Waals surface area contributed by atoms with Gasteiger partial charge in [0.15, 0.2) is 0 Å². The van der Waals surface area contributed by atoms with Crippen LogP contribution in [0.4, 0.5) is 15.8 Å². The van der Waals surface area contributed by atoms with E-state index >= 15 is 0 Å². The fourth-order valence-corrected chi connectivity index (χ4v) is 1.92. The average molecular weight is 288 g/mol. The molecule has 21 heavy (non-hydrogen) atoms. The highest BCUT2D eigenvalue weighted by Gasteiger charge is 2.08. The number of nitrogens with two attached hydrogens (primary N) is 1. The summed E-state index contributed by atoms with van der Waals surface area (Å²) in [4.78, 5) is 17.7. The molecule has 1 heterocycles. The van der Waals surface area contributed by atoms with Gasteiger partial charge in [-0.15, -0.1) is 0 Å². The molecule has 3 N–H and O–H groups in total. The average Bonchev–Trinajstić information content (AvgIpc) is 2.43. The molecule has 110 valence electrons. The predicted molar refractivity (Wildman–Crippen MR) is 80.0 cm³/mol. The highest BCUT2D eigenvalue weighted by Crippen LogP contribution is 2.16. The highest BCUT2D eigenvalue weighted by molar-refractivity contribution is 5.92. The number of carbonyl (C=O) groups is 1. The molecular weight excluding hydrogens is 271 g/mol. The van der Waals surface area contributed by atoms with Crippen LogP contribution in [0.25, 0.3) is 0 Å². The summed E-state index contributed by atoms with van der Waals surface area (Å²) in [6, 6.07) is 7.90. The fourth-order valence-electron chi connectivity index (χ4n) is 1.92. The summed E-state index contributed by atoms with van der Waals surface area (Å²) in [5.41, 5.74) is 7.03. The number of benzene rings is 1. The Kier molecular flexibility index (Phi) is 4.84. The summed E-state index contributed by atoms with van der Waals surface area (Å²) in [6.07, 6.45) is 3.43. The van der Waals surface area contributed by atoms with Gasteiger partial charge in [-0.2, -0.15) is 0 Å². The Balaban J connectivity index is 1.87. The van der Waals surface area contributed by atoms with Crippen LogP contribution in [-0.4, -0.2) is 29.4 Å². The van der Waals surface area contributed by atoms with Gasteiger partial charge in [0, 0.05) is 24.6 Å². The minimum Gasteiger partial charge on any atom is -0.396 e. The molecular formula is C15H17FN4O. The van der Waals surface area contributed by atoms with E-state index < -0.39 is 5.82 Å². The summed E-state index contributed by atoms with van der Waals surface area (Å²) >= 11 is 0. The molecule has 0 aliphatic heterocycles. The second-order valence-electron chi connectivity index (χ2n) is 4.81. The van der Waals surface area contributed by atoms with Crippen molar-refractivity contribution in [3.8, 4) is 0 Å². The second-order valence-corrected chi connectivity index (χ2v) is 4.81. The molecule has 0 bridgehead atoms. The Labute approximate surface area is 122 Å². The molecule has 1 amide bonds. The third-order valence-corrected chi connectivity index (χ3v) is 2.90. The van der Waals surface area contributed by atoms with Crippen LogP contribution < -0.4 is 11.1 Å². The lowest BCUT2D eigenvalue weighted by Crippen LogP contribution is -2.29. The number of aromatic nitrogens is 1. The maximum atomic E-state index is 13.0. The van der Waals surface area contributed by atoms with Crippen LogP contribution in [0.5, 0.6) is 0 Å². The van der Waals surface area contributed by atoms with Gasteiger partial charge in [0.2, 0.25) is 5.91 Å². The highest BCUT2D eigenvalue weighted by atomic mass is 19.1. The van der Waals surface area contributed by atoms with Gasteiger partial charge in [-0.05, 0) is 42.9 Å². The molecule has 0 spiro atoms. The Morgan fingerprint density at radius 1 is 1.33 bits per heavy atom. The number of rotatable bonds is 5. The summed E-state index contributed by atoms with van der Waals surface area (Å²) in [6.45, 7) is 0.862. The van der Waals surface area contributed by atoms with E-state index in [0.717, 1.165) is 5.56 Å². The summed E-state index contributed by atoms with van der Waals surface area (Å²) in [7, 11) is 1.85. The molecule has 0 aliphatic rings. The largest absolute Gasteiger partial charge is 0.396 e. The Hall–Kier alpha value is -2.47. The number of nitrogen functional groups attached to an aromatic ring is 1. The summed E-state index contributed by atoms with van der Waals surface area (Å²) < 4.78 is 13.0. The molecule has 1 aromatic heterocycles. The predicted octanol–water partition coefficient (Wildman–Crippen LogP) is 1.87. The van der Waals surface area contributed by atoms with Crippen molar-refractivity contribution in [2.45, 2.75) is 6.54 Å². The van der Waals surface area contributed by atoms with Gasteiger partial charge in [0.25, 0.3) is 0 Å². The number of halogens is 1. The number of pyridine rings is 1. The number of nitrogens with one attached hydrogen (secondary N) is 1. The zero-order valence-corrected chi connectivity index (χ0v) is 11.7. The molecule has 6 heteroatoms. The van der Waals surface area contributed by atoms with Gasteiger partial charge >= 0.3 is 0 Å². The molecule has 1 aromatic carbocycles. The number of likely N-dealkylation sites (N-methyl/N-ethyl adjacent to an activating group) is 1. The van der Waals surface area contributed by atoms with E-state index in [-0.39, 0.29) is 18.1 Å². The maximum Gasteiger partial charge on any atom is 0.238 e. The van der Waals surface area contributed by atoms with Crippen LogP contribution in [0.15, 0.2) is 42.7 Å². The van der Waals surface area contributed by atoms with Gasteiger partial charge in [0.05, 0.1) is 12.2 Å². The Morgan fingerprint density at radius 2 is 2.05 bits per heavy atom. The number of hydrogen-bond acceptors (Lipinski definition) is 4. The minimum absolute atomic E-state index is 0.0120. The van der Waals surface area contributed by atoms with E-state index in [0.29, 0.717) is 12.2 Å². The Bertz CT molecular complexity index is 618. The number of anilines is 2. The molecule has 5 nitrogen and oxygen atoms in total. The van der Waals surface area contributed by atoms with Gasteiger partial charge in [-0.3, -0.25) is 14.7 Å².